The van der Waals surface area contributed by atoms with E-state index in [4.69, 9.17) is 0 Å². The van der Waals surface area contributed by atoms with E-state index >= 15 is 0 Å². The van der Waals surface area contributed by atoms with Crippen molar-refractivity contribution >= 4 is 17.7 Å². The number of hydrogen-bond acceptors (Lipinski definition) is 3. The maximum absolute atomic E-state index is 11.4. The quantitative estimate of drug-likeness (QED) is 0.780. The van der Waals surface area contributed by atoms with Crippen LogP contribution >= 0.6 is 11.8 Å². The van der Waals surface area contributed by atoms with Gasteiger partial charge in [0.05, 0.1) is 0 Å². The second-order valence-corrected chi connectivity index (χ2v) is 5.97. The molecule has 0 aromatic carbocycles. The molecule has 0 bridgehead atoms. The van der Waals surface area contributed by atoms with E-state index in [1.807, 2.05) is 0 Å². The molecule has 0 aromatic heterocycles. The molecule has 0 saturated carbocycles. The van der Waals surface area contributed by atoms with E-state index in [0.717, 1.165) is 25.0 Å². The van der Waals surface area contributed by atoms with E-state index in [1.165, 1.54) is 0 Å². The fraction of sp³-hybridized carbons (Fsp3) is 0.917. The van der Waals surface area contributed by atoms with Crippen LogP contribution in [0.15, 0.2) is 0 Å². The highest BCUT2D eigenvalue weighted by molar-refractivity contribution is 7.99. The van der Waals surface area contributed by atoms with Crippen LogP contribution in [0.25, 0.3) is 0 Å². The van der Waals surface area contributed by atoms with Crippen molar-refractivity contribution in [1.29, 1.82) is 0 Å². The largest absolute Gasteiger partial charge is 0.480 e. The zero-order valence-electron chi connectivity index (χ0n) is 10.5. The molecule has 1 heterocycles. The van der Waals surface area contributed by atoms with Crippen LogP contribution in [0.1, 0.15) is 40.0 Å². The van der Waals surface area contributed by atoms with Crippen LogP contribution in [-0.4, -0.2) is 34.2 Å². The van der Waals surface area contributed by atoms with Crippen LogP contribution in [-0.2, 0) is 4.79 Å². The number of aliphatic carboxylic acids is 1. The first kappa shape index (κ1) is 13.8. The Morgan fingerprint density at radius 3 is 2.69 bits per heavy atom. The van der Waals surface area contributed by atoms with Crippen LogP contribution in [0.3, 0.4) is 0 Å². The summed E-state index contributed by atoms with van der Waals surface area (Å²) in [7, 11) is 0. The Morgan fingerprint density at radius 1 is 1.56 bits per heavy atom. The Morgan fingerprint density at radius 2 is 2.25 bits per heavy atom. The highest BCUT2D eigenvalue weighted by atomic mass is 32.2. The summed E-state index contributed by atoms with van der Waals surface area (Å²) in [6.07, 6.45) is 2.84. The van der Waals surface area contributed by atoms with Crippen molar-refractivity contribution in [3.05, 3.63) is 0 Å². The lowest BCUT2D eigenvalue weighted by Gasteiger charge is -2.37. The van der Waals surface area contributed by atoms with Gasteiger partial charge in [-0.25, -0.2) is 0 Å². The van der Waals surface area contributed by atoms with Gasteiger partial charge in [0.1, 0.15) is 5.54 Å². The van der Waals surface area contributed by atoms with Gasteiger partial charge in [-0.2, -0.15) is 11.8 Å². The third-order valence-corrected chi connectivity index (χ3v) is 4.93. The van der Waals surface area contributed by atoms with Crippen LogP contribution in [0, 0.1) is 5.92 Å². The normalized spacial score (nSPS) is 29.7. The van der Waals surface area contributed by atoms with Crippen molar-refractivity contribution in [2.45, 2.75) is 51.6 Å². The van der Waals surface area contributed by atoms with E-state index < -0.39 is 11.5 Å². The minimum absolute atomic E-state index is 0.264. The summed E-state index contributed by atoms with van der Waals surface area (Å²) in [5.41, 5.74) is -0.689. The molecule has 0 radical (unpaired) electrons. The second kappa shape index (κ2) is 5.92. The van der Waals surface area contributed by atoms with Crippen LogP contribution < -0.4 is 5.32 Å². The molecular weight excluding hydrogens is 222 g/mol. The van der Waals surface area contributed by atoms with Gasteiger partial charge in [0, 0.05) is 11.8 Å². The first-order valence-electron chi connectivity index (χ1n) is 6.10. The highest BCUT2D eigenvalue weighted by Crippen LogP contribution is 2.28. The molecule has 0 spiro atoms. The summed E-state index contributed by atoms with van der Waals surface area (Å²) in [4.78, 5) is 11.4. The fourth-order valence-corrected chi connectivity index (χ4v) is 3.26. The average Bonchev–Trinajstić information content (AvgIpc) is 2.28. The first-order valence-corrected chi connectivity index (χ1v) is 7.26. The standard InChI is InChI=1S/C12H23NO2S/c1-4-9(2)10(3)13-12(11(14)15)6-5-7-16-8-12/h9-10,13H,4-8H2,1-3H3,(H,14,15). The first-order chi connectivity index (χ1) is 7.52. The molecule has 1 saturated heterocycles. The van der Waals surface area contributed by atoms with Gasteiger partial charge in [-0.15, -0.1) is 0 Å². The summed E-state index contributed by atoms with van der Waals surface area (Å²) in [5.74, 6) is 1.62. The van der Waals surface area contributed by atoms with Gasteiger partial charge in [-0.1, -0.05) is 20.3 Å². The SMILES string of the molecule is CCC(C)C(C)NC1(C(=O)O)CCCSC1. The van der Waals surface area contributed by atoms with Gasteiger partial charge >= 0.3 is 5.97 Å². The lowest BCUT2D eigenvalue weighted by molar-refractivity contribution is -0.144. The maximum atomic E-state index is 11.4. The monoisotopic (exact) mass is 245 g/mol. The van der Waals surface area contributed by atoms with Crippen LogP contribution in [0.2, 0.25) is 0 Å². The Hall–Kier alpha value is -0.220. The number of thioether (sulfide) groups is 1. The van der Waals surface area contributed by atoms with Gasteiger partial charge in [-0.05, 0) is 31.4 Å². The summed E-state index contributed by atoms with van der Waals surface area (Å²) >= 11 is 1.75. The molecule has 4 heteroatoms. The van der Waals surface area contributed by atoms with Crippen molar-refractivity contribution in [2.24, 2.45) is 5.92 Å². The molecule has 0 amide bonds. The molecule has 0 aromatic rings. The second-order valence-electron chi connectivity index (χ2n) is 4.86. The Balaban J connectivity index is 2.67. The third-order valence-electron chi connectivity index (χ3n) is 3.65. The molecule has 94 valence electrons. The molecule has 2 N–H and O–H groups in total. The lowest BCUT2D eigenvalue weighted by Crippen LogP contribution is -2.59. The molecule has 0 aliphatic carbocycles. The van der Waals surface area contributed by atoms with Gasteiger partial charge in [0.15, 0.2) is 0 Å². The smallest absolute Gasteiger partial charge is 0.324 e. The molecule has 16 heavy (non-hydrogen) atoms. The van der Waals surface area contributed by atoms with Gasteiger partial charge in [0.2, 0.25) is 0 Å². The molecule has 3 atom stereocenters. The van der Waals surface area contributed by atoms with Crippen LogP contribution in [0.4, 0.5) is 0 Å². The highest BCUT2D eigenvalue weighted by Gasteiger charge is 2.41. The molecule has 3 unspecified atom stereocenters. The third kappa shape index (κ3) is 3.14. The zero-order valence-corrected chi connectivity index (χ0v) is 11.3. The Bertz CT molecular complexity index is 239. The summed E-state index contributed by atoms with van der Waals surface area (Å²) in [6.45, 7) is 6.41. The minimum atomic E-state index is -0.689. The average molecular weight is 245 g/mol. The maximum Gasteiger partial charge on any atom is 0.324 e. The summed E-state index contributed by atoms with van der Waals surface area (Å²) in [6, 6.07) is 0.264. The van der Waals surface area contributed by atoms with Gasteiger partial charge < -0.3 is 5.11 Å². The predicted molar refractivity (Wildman–Crippen MR) is 69.0 cm³/mol. The lowest BCUT2D eigenvalue weighted by atomic mass is 9.91. The number of carbonyl (C=O) groups is 1. The van der Waals surface area contributed by atoms with Gasteiger partial charge in [0.25, 0.3) is 0 Å². The van der Waals surface area contributed by atoms with E-state index in [-0.39, 0.29) is 6.04 Å². The van der Waals surface area contributed by atoms with Crippen molar-refractivity contribution in [1.82, 2.24) is 5.32 Å². The Labute approximate surface area is 102 Å². The molecule has 3 nitrogen and oxygen atoms in total. The van der Waals surface area contributed by atoms with E-state index in [2.05, 4.69) is 26.1 Å². The minimum Gasteiger partial charge on any atom is -0.480 e. The van der Waals surface area contributed by atoms with Crippen molar-refractivity contribution in [3.63, 3.8) is 0 Å². The molecule has 1 aliphatic heterocycles. The number of carboxylic acid groups (broad SMARTS) is 1. The van der Waals surface area contributed by atoms with E-state index in [0.29, 0.717) is 11.7 Å². The Kier molecular flexibility index (Phi) is 5.12. The predicted octanol–water partition coefficient (Wildman–Crippen LogP) is 2.36. The molecule has 1 rings (SSSR count). The summed E-state index contributed by atoms with van der Waals surface area (Å²) in [5, 5.41) is 12.8. The van der Waals surface area contributed by atoms with Crippen molar-refractivity contribution in [3.8, 4) is 0 Å². The summed E-state index contributed by atoms with van der Waals surface area (Å²) < 4.78 is 0. The molecule has 1 aliphatic rings. The van der Waals surface area contributed by atoms with Crippen molar-refractivity contribution < 1.29 is 9.90 Å². The fourth-order valence-electron chi connectivity index (χ4n) is 2.07. The zero-order chi connectivity index (χ0) is 12.2. The van der Waals surface area contributed by atoms with Crippen LogP contribution in [0.5, 0.6) is 0 Å². The number of rotatable bonds is 5. The van der Waals surface area contributed by atoms with Crippen molar-refractivity contribution in [2.75, 3.05) is 11.5 Å². The number of nitrogens with one attached hydrogen (secondary N) is 1. The number of hydrogen-bond donors (Lipinski definition) is 2. The van der Waals surface area contributed by atoms with E-state index in [1.54, 1.807) is 11.8 Å². The topological polar surface area (TPSA) is 49.3 Å². The number of carboxylic acids is 1. The van der Waals surface area contributed by atoms with Gasteiger partial charge in [-0.3, -0.25) is 10.1 Å². The molecule has 1 fully saturated rings. The molecular formula is C12H23NO2S. The van der Waals surface area contributed by atoms with E-state index in [9.17, 15) is 9.90 Å².